The number of carbonyl (C=O) groups excluding carboxylic acids is 1. The van der Waals surface area contributed by atoms with Crippen LogP contribution in [0.4, 0.5) is 8.78 Å². The molecule has 0 saturated carbocycles. The van der Waals surface area contributed by atoms with Gasteiger partial charge in [0.1, 0.15) is 0 Å². The molecule has 100 valence electrons. The first-order valence-corrected chi connectivity index (χ1v) is 5.83. The van der Waals surface area contributed by atoms with Crippen LogP contribution in [0.3, 0.4) is 0 Å². The van der Waals surface area contributed by atoms with Crippen molar-refractivity contribution in [2.24, 2.45) is 11.7 Å². The van der Waals surface area contributed by atoms with Crippen molar-refractivity contribution < 1.29 is 13.6 Å². The van der Waals surface area contributed by atoms with Gasteiger partial charge in [-0.2, -0.15) is 0 Å². The Labute approximate surface area is 105 Å². The van der Waals surface area contributed by atoms with Crippen molar-refractivity contribution in [3.8, 4) is 0 Å². The molecular formula is C13H18F2N2O. The maximum atomic E-state index is 13.1. The van der Waals surface area contributed by atoms with Gasteiger partial charge < -0.3 is 11.1 Å². The third-order valence-corrected chi connectivity index (χ3v) is 2.82. The molecule has 0 fully saturated rings. The van der Waals surface area contributed by atoms with Crippen molar-refractivity contribution in [3.63, 3.8) is 0 Å². The number of carbonyl (C=O) groups is 1. The largest absolute Gasteiger partial charge is 0.348 e. The van der Waals surface area contributed by atoms with Crippen molar-refractivity contribution in [2.75, 3.05) is 0 Å². The summed E-state index contributed by atoms with van der Waals surface area (Å²) in [6.07, 6.45) is 0. The van der Waals surface area contributed by atoms with Gasteiger partial charge >= 0.3 is 0 Å². The van der Waals surface area contributed by atoms with Crippen molar-refractivity contribution in [1.82, 2.24) is 5.32 Å². The average molecular weight is 256 g/mol. The molecule has 0 aliphatic carbocycles. The molecule has 0 spiro atoms. The third kappa shape index (κ3) is 3.50. The second-order valence-electron chi connectivity index (χ2n) is 4.67. The summed E-state index contributed by atoms with van der Waals surface area (Å²) in [4.78, 5) is 11.7. The lowest BCUT2D eigenvalue weighted by molar-refractivity contribution is -0.123. The van der Waals surface area contributed by atoms with E-state index in [0.717, 1.165) is 12.1 Å². The van der Waals surface area contributed by atoms with E-state index in [2.05, 4.69) is 5.32 Å². The van der Waals surface area contributed by atoms with Crippen LogP contribution < -0.4 is 11.1 Å². The zero-order valence-electron chi connectivity index (χ0n) is 10.7. The van der Waals surface area contributed by atoms with Crippen LogP contribution in [0.1, 0.15) is 32.4 Å². The smallest absolute Gasteiger partial charge is 0.237 e. The molecule has 1 rings (SSSR count). The van der Waals surface area contributed by atoms with Gasteiger partial charge in [-0.25, -0.2) is 8.78 Å². The van der Waals surface area contributed by atoms with Crippen LogP contribution in [-0.2, 0) is 4.79 Å². The van der Waals surface area contributed by atoms with E-state index in [4.69, 9.17) is 5.73 Å². The first-order chi connectivity index (χ1) is 8.32. The third-order valence-electron chi connectivity index (χ3n) is 2.82. The minimum Gasteiger partial charge on any atom is -0.348 e. The van der Waals surface area contributed by atoms with Gasteiger partial charge in [0.05, 0.1) is 12.1 Å². The summed E-state index contributed by atoms with van der Waals surface area (Å²) in [5, 5.41) is 2.67. The van der Waals surface area contributed by atoms with Crippen LogP contribution in [0.2, 0.25) is 0 Å². The number of nitrogens with one attached hydrogen (secondary N) is 1. The summed E-state index contributed by atoms with van der Waals surface area (Å²) >= 11 is 0. The molecule has 5 heteroatoms. The number of amides is 1. The Balaban J connectivity index is 2.73. The van der Waals surface area contributed by atoms with Gasteiger partial charge in [0.25, 0.3) is 0 Å². The summed E-state index contributed by atoms with van der Waals surface area (Å²) in [5.41, 5.74) is 6.19. The summed E-state index contributed by atoms with van der Waals surface area (Å²) < 4.78 is 25.8. The Hall–Kier alpha value is -1.49. The molecular weight excluding hydrogens is 238 g/mol. The zero-order chi connectivity index (χ0) is 13.9. The summed E-state index contributed by atoms with van der Waals surface area (Å²) in [5.74, 6) is -2.12. The molecule has 0 aliphatic heterocycles. The summed E-state index contributed by atoms with van der Waals surface area (Å²) in [7, 11) is 0. The van der Waals surface area contributed by atoms with Crippen LogP contribution in [-0.4, -0.2) is 11.9 Å². The molecule has 3 nitrogen and oxygen atoms in total. The monoisotopic (exact) mass is 256 g/mol. The molecule has 0 radical (unpaired) electrons. The van der Waals surface area contributed by atoms with E-state index < -0.39 is 23.7 Å². The minimum atomic E-state index is -0.929. The second kappa shape index (κ2) is 5.91. The van der Waals surface area contributed by atoms with Crippen LogP contribution in [0, 0.1) is 17.6 Å². The molecule has 0 aliphatic rings. The zero-order valence-corrected chi connectivity index (χ0v) is 10.7. The van der Waals surface area contributed by atoms with E-state index in [1.54, 1.807) is 6.92 Å². The molecule has 1 aromatic carbocycles. The van der Waals surface area contributed by atoms with Crippen molar-refractivity contribution in [2.45, 2.75) is 32.9 Å². The Morgan fingerprint density at radius 2 is 1.83 bits per heavy atom. The van der Waals surface area contributed by atoms with Gasteiger partial charge in [-0.3, -0.25) is 4.79 Å². The lowest BCUT2D eigenvalue weighted by Crippen LogP contribution is -2.44. The van der Waals surface area contributed by atoms with E-state index in [1.165, 1.54) is 6.07 Å². The van der Waals surface area contributed by atoms with Crippen LogP contribution in [0.5, 0.6) is 0 Å². The molecule has 1 amide bonds. The van der Waals surface area contributed by atoms with Gasteiger partial charge in [0.2, 0.25) is 5.91 Å². The molecule has 0 aromatic heterocycles. The van der Waals surface area contributed by atoms with E-state index in [-0.39, 0.29) is 11.8 Å². The molecule has 2 unspecified atom stereocenters. The topological polar surface area (TPSA) is 55.1 Å². The Kier molecular flexibility index (Phi) is 4.78. The fourth-order valence-electron chi connectivity index (χ4n) is 1.48. The van der Waals surface area contributed by atoms with Gasteiger partial charge in [-0.05, 0) is 30.5 Å². The maximum absolute atomic E-state index is 13.1. The molecule has 3 N–H and O–H groups in total. The highest BCUT2D eigenvalue weighted by molar-refractivity contribution is 5.82. The van der Waals surface area contributed by atoms with Crippen LogP contribution in [0.25, 0.3) is 0 Å². The second-order valence-corrected chi connectivity index (χ2v) is 4.67. The first kappa shape index (κ1) is 14.6. The standard InChI is InChI=1S/C13H18F2N2O/c1-7(2)12(16)13(18)17-8(3)9-4-5-10(14)11(15)6-9/h4-8,12H,16H2,1-3H3,(H,17,18). The van der Waals surface area contributed by atoms with Crippen LogP contribution in [0.15, 0.2) is 18.2 Å². The Bertz CT molecular complexity index is 435. The number of hydrogen-bond acceptors (Lipinski definition) is 2. The number of rotatable bonds is 4. The normalized spacial score (nSPS) is 14.4. The number of hydrogen-bond donors (Lipinski definition) is 2. The fourth-order valence-corrected chi connectivity index (χ4v) is 1.48. The highest BCUT2D eigenvalue weighted by atomic mass is 19.2. The van der Waals surface area contributed by atoms with E-state index in [1.807, 2.05) is 13.8 Å². The van der Waals surface area contributed by atoms with Crippen molar-refractivity contribution in [3.05, 3.63) is 35.4 Å². The predicted molar refractivity (Wildman–Crippen MR) is 65.7 cm³/mol. The van der Waals surface area contributed by atoms with E-state index >= 15 is 0 Å². The Morgan fingerprint density at radius 1 is 1.22 bits per heavy atom. The highest BCUT2D eigenvalue weighted by Crippen LogP contribution is 2.16. The van der Waals surface area contributed by atoms with Crippen molar-refractivity contribution in [1.29, 1.82) is 0 Å². The lowest BCUT2D eigenvalue weighted by atomic mass is 10.0. The van der Waals surface area contributed by atoms with Gasteiger partial charge in [-0.15, -0.1) is 0 Å². The van der Waals surface area contributed by atoms with Crippen molar-refractivity contribution >= 4 is 5.91 Å². The van der Waals surface area contributed by atoms with Gasteiger partial charge in [-0.1, -0.05) is 19.9 Å². The molecule has 2 atom stereocenters. The average Bonchev–Trinajstić information content (AvgIpc) is 2.31. The van der Waals surface area contributed by atoms with Crippen LogP contribution >= 0.6 is 0 Å². The first-order valence-electron chi connectivity index (χ1n) is 5.83. The summed E-state index contributed by atoms with van der Waals surface area (Å²) in [6, 6.07) is 2.51. The lowest BCUT2D eigenvalue weighted by Gasteiger charge is -2.20. The Morgan fingerprint density at radius 3 is 2.33 bits per heavy atom. The maximum Gasteiger partial charge on any atom is 0.237 e. The SMILES string of the molecule is CC(NC(=O)C(N)C(C)C)c1ccc(F)c(F)c1. The number of benzene rings is 1. The van der Waals surface area contributed by atoms with Gasteiger partial charge in [0, 0.05) is 0 Å². The molecule has 0 bridgehead atoms. The molecule has 18 heavy (non-hydrogen) atoms. The van der Waals surface area contributed by atoms with Gasteiger partial charge in [0.15, 0.2) is 11.6 Å². The summed E-state index contributed by atoms with van der Waals surface area (Å²) in [6.45, 7) is 5.37. The molecule has 0 saturated heterocycles. The number of halogens is 2. The predicted octanol–water partition coefficient (Wildman–Crippen LogP) is 2.13. The van der Waals surface area contributed by atoms with E-state index in [9.17, 15) is 13.6 Å². The fraction of sp³-hybridized carbons (Fsp3) is 0.462. The molecule has 1 aromatic rings. The molecule has 0 heterocycles. The quantitative estimate of drug-likeness (QED) is 0.867. The minimum absolute atomic E-state index is 0.0159. The number of nitrogens with two attached hydrogens (primary N) is 1. The van der Waals surface area contributed by atoms with E-state index in [0.29, 0.717) is 5.56 Å². The highest BCUT2D eigenvalue weighted by Gasteiger charge is 2.19.